The van der Waals surface area contributed by atoms with Gasteiger partial charge in [0.25, 0.3) is 0 Å². The molecule has 1 heterocycles. The maximum atomic E-state index is 6.38. The van der Waals surface area contributed by atoms with Gasteiger partial charge in [0.1, 0.15) is 0 Å². The predicted molar refractivity (Wildman–Crippen MR) is 41.8 cm³/mol. The molecule has 10 heavy (non-hydrogen) atoms. The molecule has 1 saturated heterocycles. The molecule has 0 spiro atoms. The van der Waals surface area contributed by atoms with E-state index >= 15 is 0 Å². The third-order valence-corrected chi connectivity index (χ3v) is 21.7. The Morgan fingerprint density at radius 1 is 1.30 bits per heavy atom. The van der Waals surface area contributed by atoms with Crippen molar-refractivity contribution in [1.82, 2.24) is 2.66 Å². The van der Waals surface area contributed by atoms with Crippen molar-refractivity contribution in [3.8, 4) is 0 Å². The van der Waals surface area contributed by atoms with Crippen LogP contribution < -0.4 is 0 Å². The molecule has 0 radical (unpaired) electrons. The van der Waals surface area contributed by atoms with Crippen molar-refractivity contribution < 1.29 is 22.1 Å². The van der Waals surface area contributed by atoms with Gasteiger partial charge in [0, 0.05) is 0 Å². The van der Waals surface area contributed by atoms with E-state index in [0.717, 1.165) is 3.43 Å². The molecule has 1 rings (SSSR count). The minimum absolute atomic E-state index is 0.815. The van der Waals surface area contributed by atoms with Crippen molar-refractivity contribution in [2.45, 2.75) is 30.1 Å². The van der Waals surface area contributed by atoms with Crippen LogP contribution in [0.2, 0.25) is 3.43 Å². The normalized spacial score (nSPS) is 20.4. The number of nitrogens with zero attached hydrogens (tertiary/aromatic N) is 1. The van der Waals surface area contributed by atoms with E-state index in [1.165, 1.54) is 25.9 Å². The van der Waals surface area contributed by atoms with Crippen molar-refractivity contribution in [2.24, 2.45) is 0 Å². The molecule has 0 aromatic carbocycles. The average molecular weight is 349 g/mol. The Labute approximate surface area is 75.9 Å². The van der Waals surface area contributed by atoms with Crippen LogP contribution in [0.15, 0.2) is 0 Å². The Morgan fingerprint density at radius 2 is 1.80 bits per heavy atom. The zero-order valence-corrected chi connectivity index (χ0v) is 13.2. The van der Waals surface area contributed by atoms with Crippen LogP contribution in [0.3, 0.4) is 0 Å². The van der Waals surface area contributed by atoms with E-state index in [2.05, 4.69) is 16.5 Å². The summed E-state index contributed by atoms with van der Waals surface area (Å²) in [6, 6.07) is 0. The number of hydrogen-bond acceptors (Lipinski definition) is 1. The monoisotopic (exact) mass is 350 g/mol. The fourth-order valence-corrected chi connectivity index (χ4v) is 11.8. The molecule has 57 valence electrons. The molecule has 0 aromatic heterocycles. The fraction of sp³-hybridized carbons (Fsp3) is 1.00. The van der Waals surface area contributed by atoms with E-state index in [-0.39, 0.29) is 0 Å². The van der Waals surface area contributed by atoms with Gasteiger partial charge >= 0.3 is 76.2 Å². The second kappa shape index (κ2) is 4.27. The Bertz CT molecular complexity index is 102. The summed E-state index contributed by atoms with van der Waals surface area (Å²) in [5.74, 6) is 0. The number of halogens is 1. The topological polar surface area (TPSA) is 3.24 Å². The molecule has 3 heteroatoms. The second-order valence-electron chi connectivity index (χ2n) is 3.68. The molecule has 0 N–H and O–H groups in total. The molecular formula is C7H15ClHgN. The predicted octanol–water partition coefficient (Wildman–Crippen LogP) is 2.60. The molecule has 1 fully saturated rings. The van der Waals surface area contributed by atoms with Crippen molar-refractivity contribution in [2.75, 3.05) is 13.1 Å². The summed E-state index contributed by atoms with van der Waals surface area (Å²) in [6.07, 6.45) is 2.77. The molecule has 0 aromatic rings. The first kappa shape index (κ1) is 9.27. The van der Waals surface area contributed by atoms with E-state index < -0.39 is 22.1 Å². The molecule has 0 aliphatic carbocycles. The quantitative estimate of drug-likeness (QED) is 0.693. The first-order valence-electron chi connectivity index (χ1n) is 4.28. The van der Waals surface area contributed by atoms with Crippen molar-refractivity contribution >= 4 is 8.25 Å². The Morgan fingerprint density at radius 3 is 2.20 bits per heavy atom. The van der Waals surface area contributed by atoms with Crippen LogP contribution in [0.4, 0.5) is 0 Å². The van der Waals surface area contributed by atoms with Crippen LogP contribution in [-0.4, -0.2) is 15.8 Å². The molecule has 0 atom stereocenters. The van der Waals surface area contributed by atoms with Gasteiger partial charge in [-0.1, -0.05) is 0 Å². The zero-order valence-electron chi connectivity index (χ0n) is 6.94. The summed E-state index contributed by atoms with van der Waals surface area (Å²) in [7, 11) is 6.38. The van der Waals surface area contributed by atoms with Crippen molar-refractivity contribution in [3.63, 3.8) is 0 Å². The Hall–Kier alpha value is 1.19. The van der Waals surface area contributed by atoms with Gasteiger partial charge in [0.15, 0.2) is 0 Å². The van der Waals surface area contributed by atoms with Crippen LogP contribution in [0.25, 0.3) is 0 Å². The summed E-state index contributed by atoms with van der Waals surface area (Å²) in [6.45, 7) is 7.17. The standard InChI is InChI=1S/C4H8N.C3H7.ClH.Hg/c1-2-4-5-3-1;1-3-2;;/h1-4H2;3H,1-2H3;1H;/q-1;;;+2/p-1. The van der Waals surface area contributed by atoms with Gasteiger partial charge in [0.2, 0.25) is 0 Å². The molecule has 0 bridgehead atoms. The molecule has 0 unspecified atom stereocenters. The summed E-state index contributed by atoms with van der Waals surface area (Å²) in [5.41, 5.74) is 0. The SMILES string of the molecule is C[CH](C)[Hg]([Cl])[N]1CCCC1. The third-order valence-electron chi connectivity index (χ3n) is 2.30. The number of rotatable bonds is 2. The van der Waals surface area contributed by atoms with Crippen LogP contribution in [0, 0.1) is 0 Å². The summed E-state index contributed by atoms with van der Waals surface area (Å²) < 4.78 is 3.41. The molecule has 1 nitrogen and oxygen atoms in total. The van der Waals surface area contributed by atoms with E-state index in [0.29, 0.717) is 0 Å². The first-order chi connectivity index (χ1) is 4.72. The van der Waals surface area contributed by atoms with Gasteiger partial charge in [-0.15, -0.1) is 0 Å². The van der Waals surface area contributed by atoms with Crippen molar-refractivity contribution in [3.05, 3.63) is 0 Å². The van der Waals surface area contributed by atoms with E-state index in [1.54, 1.807) is 0 Å². The Balaban J connectivity index is 2.32. The van der Waals surface area contributed by atoms with Crippen LogP contribution >= 0.6 is 8.25 Å². The maximum absolute atomic E-state index is 6.38. The molecule has 0 saturated carbocycles. The molecular weight excluding hydrogens is 334 g/mol. The van der Waals surface area contributed by atoms with E-state index in [4.69, 9.17) is 8.25 Å². The zero-order chi connectivity index (χ0) is 7.56. The van der Waals surface area contributed by atoms with Gasteiger partial charge in [0.05, 0.1) is 0 Å². The first-order valence-corrected chi connectivity index (χ1v) is 16.7. The average Bonchev–Trinajstić information content (AvgIpc) is 2.36. The molecule has 1 aliphatic heterocycles. The molecule has 0 amide bonds. The summed E-state index contributed by atoms with van der Waals surface area (Å²) >= 11 is -1.88. The van der Waals surface area contributed by atoms with Gasteiger partial charge in [-0.3, -0.25) is 0 Å². The number of hydrogen-bond donors (Lipinski definition) is 0. The Kier molecular flexibility index (Phi) is 3.96. The summed E-state index contributed by atoms with van der Waals surface area (Å²) in [4.78, 5) is 0. The van der Waals surface area contributed by atoms with Crippen LogP contribution in [0.5, 0.6) is 0 Å². The van der Waals surface area contributed by atoms with Crippen LogP contribution in [0.1, 0.15) is 26.7 Å². The van der Waals surface area contributed by atoms with Gasteiger partial charge in [-0.25, -0.2) is 0 Å². The molecule has 1 aliphatic rings. The van der Waals surface area contributed by atoms with E-state index in [9.17, 15) is 0 Å². The summed E-state index contributed by atoms with van der Waals surface area (Å²) in [5, 5.41) is 0. The third kappa shape index (κ3) is 2.35. The van der Waals surface area contributed by atoms with Crippen LogP contribution in [-0.2, 0) is 22.1 Å². The second-order valence-corrected chi connectivity index (χ2v) is 21.9. The van der Waals surface area contributed by atoms with Gasteiger partial charge in [-0.2, -0.15) is 0 Å². The van der Waals surface area contributed by atoms with Gasteiger partial charge < -0.3 is 0 Å². The van der Waals surface area contributed by atoms with Gasteiger partial charge in [-0.05, 0) is 0 Å². The fourth-order valence-electron chi connectivity index (χ4n) is 1.60. The van der Waals surface area contributed by atoms with Crippen molar-refractivity contribution in [1.29, 1.82) is 0 Å². The minimum atomic E-state index is -1.88. The van der Waals surface area contributed by atoms with E-state index in [1.807, 2.05) is 0 Å².